The van der Waals surface area contributed by atoms with E-state index in [0.717, 1.165) is 50.9 Å². The molecular weight excluding hydrogens is 707 g/mol. The van der Waals surface area contributed by atoms with Gasteiger partial charge in [0.05, 0.1) is 5.41 Å². The van der Waals surface area contributed by atoms with Crippen LogP contribution >= 0.6 is 0 Å². The van der Waals surface area contributed by atoms with Crippen molar-refractivity contribution in [3.05, 3.63) is 216 Å². The minimum Gasteiger partial charge on any atom is -0.485 e. The molecule has 0 radical (unpaired) electrons. The van der Waals surface area contributed by atoms with Crippen molar-refractivity contribution in [3.8, 4) is 62.2 Å². The van der Waals surface area contributed by atoms with Gasteiger partial charge in [-0.05, 0) is 78.7 Å². The summed E-state index contributed by atoms with van der Waals surface area (Å²) < 4.78 is 6.89. The third-order valence-corrected chi connectivity index (χ3v) is 12.3. The van der Waals surface area contributed by atoms with Crippen LogP contribution in [0.15, 0.2) is 200 Å². The lowest BCUT2D eigenvalue weighted by molar-refractivity contribution is 0.205. The molecule has 4 heteroatoms. The summed E-state index contributed by atoms with van der Waals surface area (Å²) in [7, 11) is 0. The summed E-state index contributed by atoms with van der Waals surface area (Å²) >= 11 is 0. The third-order valence-electron chi connectivity index (χ3n) is 12.3. The molecule has 4 nitrogen and oxygen atoms in total. The number of allylic oxidation sites excluding steroid dienone is 2. The van der Waals surface area contributed by atoms with Crippen molar-refractivity contribution < 1.29 is 4.74 Å². The van der Waals surface area contributed by atoms with Crippen molar-refractivity contribution in [2.45, 2.75) is 17.9 Å². The molecule has 272 valence electrons. The average Bonchev–Trinajstić information content (AvgIpc) is 3.59. The van der Waals surface area contributed by atoms with Gasteiger partial charge in [0.25, 0.3) is 0 Å². The molecule has 0 amide bonds. The molecule has 1 atom stereocenters. The Kier molecular flexibility index (Phi) is 7.24. The zero-order chi connectivity index (χ0) is 38.2. The molecule has 0 N–H and O–H groups in total. The lowest BCUT2D eigenvalue weighted by Crippen LogP contribution is -2.42. The summed E-state index contributed by atoms with van der Waals surface area (Å²) in [4.78, 5) is 15.6. The van der Waals surface area contributed by atoms with Gasteiger partial charge < -0.3 is 4.74 Å². The molecule has 9 aromatic rings. The average molecular weight is 742 g/mol. The SMILES string of the molecule is C1=CCC2Oc3ccc(-c4ccccc4-c4nc(-c5ccccc5)nc(-c5ccc6c(ccc7ccccc76)c5)n4)cc3C3(C2=C1)c1ccccc1-c1ccccc13. The number of hydrogen-bond donors (Lipinski definition) is 0. The number of benzene rings is 8. The van der Waals surface area contributed by atoms with Crippen LogP contribution in [-0.2, 0) is 5.41 Å². The Morgan fingerprint density at radius 1 is 0.448 bits per heavy atom. The lowest BCUT2D eigenvalue weighted by Gasteiger charge is -2.45. The first-order valence-corrected chi connectivity index (χ1v) is 19.9. The number of hydrogen-bond acceptors (Lipinski definition) is 4. The number of fused-ring (bicyclic) bond motifs is 12. The predicted molar refractivity (Wildman–Crippen MR) is 235 cm³/mol. The predicted octanol–water partition coefficient (Wildman–Crippen LogP) is 12.8. The van der Waals surface area contributed by atoms with Crippen LogP contribution in [0, 0.1) is 0 Å². The molecule has 0 fully saturated rings. The quantitative estimate of drug-likeness (QED) is 0.169. The largest absolute Gasteiger partial charge is 0.485 e. The highest BCUT2D eigenvalue weighted by Gasteiger charge is 2.53. The van der Waals surface area contributed by atoms with Crippen LogP contribution in [0.25, 0.3) is 78.0 Å². The van der Waals surface area contributed by atoms with E-state index in [2.05, 4.69) is 176 Å². The summed E-state index contributed by atoms with van der Waals surface area (Å²) in [6, 6.07) is 62.7. The molecule has 0 saturated carbocycles. The van der Waals surface area contributed by atoms with Crippen molar-refractivity contribution in [3.63, 3.8) is 0 Å². The normalized spacial score (nSPS) is 15.7. The molecule has 1 aromatic heterocycles. The van der Waals surface area contributed by atoms with Crippen LogP contribution in [0.1, 0.15) is 23.1 Å². The maximum Gasteiger partial charge on any atom is 0.164 e. The first kappa shape index (κ1) is 32.8. The maximum atomic E-state index is 6.89. The van der Waals surface area contributed by atoms with Gasteiger partial charge in [-0.25, -0.2) is 15.0 Å². The zero-order valence-corrected chi connectivity index (χ0v) is 31.5. The Labute approximate surface area is 336 Å². The van der Waals surface area contributed by atoms with E-state index in [1.54, 1.807) is 0 Å². The maximum absolute atomic E-state index is 6.89. The third kappa shape index (κ3) is 4.85. The minimum atomic E-state index is -0.497. The van der Waals surface area contributed by atoms with Gasteiger partial charge >= 0.3 is 0 Å². The van der Waals surface area contributed by atoms with Crippen molar-refractivity contribution >= 4 is 21.5 Å². The number of nitrogens with zero attached hydrogens (tertiary/aromatic N) is 3. The monoisotopic (exact) mass is 741 g/mol. The Balaban J connectivity index is 1.06. The van der Waals surface area contributed by atoms with Crippen LogP contribution < -0.4 is 4.74 Å². The number of aromatic nitrogens is 3. The van der Waals surface area contributed by atoms with Crippen molar-refractivity contribution in [1.29, 1.82) is 0 Å². The molecule has 0 saturated heterocycles. The van der Waals surface area contributed by atoms with E-state index in [-0.39, 0.29) is 6.10 Å². The standard InChI is InChI=1S/C54H35N3O/c1-2-15-35(16-3-1)51-55-52(38-28-30-41-36(32-38)27-26-34-14-4-5-17-39(34)41)57-53(56-51)44-21-7-6-18-40(44)37-29-31-50-48(33-37)54(47-24-12-13-25-49(47)58-50)45-22-10-8-19-42(45)43-20-9-11-23-46(43)54/h1-24,26-33,49H,25H2. The first-order chi connectivity index (χ1) is 28.7. The highest BCUT2D eigenvalue weighted by molar-refractivity contribution is 6.08. The second-order valence-corrected chi connectivity index (χ2v) is 15.4. The molecule has 1 aliphatic heterocycles. The Morgan fingerprint density at radius 2 is 1.07 bits per heavy atom. The van der Waals surface area contributed by atoms with Gasteiger partial charge in [-0.1, -0.05) is 176 Å². The van der Waals surface area contributed by atoms with E-state index in [9.17, 15) is 0 Å². The van der Waals surface area contributed by atoms with Crippen LogP contribution in [0.3, 0.4) is 0 Å². The summed E-state index contributed by atoms with van der Waals surface area (Å²) in [5, 5.41) is 4.81. The van der Waals surface area contributed by atoms with E-state index in [1.165, 1.54) is 44.0 Å². The molecule has 1 unspecified atom stereocenters. The van der Waals surface area contributed by atoms with Crippen molar-refractivity contribution in [2.24, 2.45) is 0 Å². The highest BCUT2D eigenvalue weighted by Crippen LogP contribution is 2.62. The van der Waals surface area contributed by atoms with E-state index in [0.29, 0.717) is 17.5 Å². The minimum absolute atomic E-state index is 0.0521. The molecule has 2 aliphatic carbocycles. The Bertz CT molecular complexity index is 3150. The van der Waals surface area contributed by atoms with Crippen LogP contribution in [0.4, 0.5) is 0 Å². The molecule has 1 spiro atoms. The highest BCUT2D eigenvalue weighted by atomic mass is 16.5. The zero-order valence-electron chi connectivity index (χ0n) is 31.5. The van der Waals surface area contributed by atoms with Gasteiger partial charge in [-0.15, -0.1) is 0 Å². The molecule has 0 bridgehead atoms. The summed E-state index contributed by atoms with van der Waals surface area (Å²) in [6.07, 6.45) is 7.50. The van der Waals surface area contributed by atoms with Gasteiger partial charge in [-0.3, -0.25) is 0 Å². The second-order valence-electron chi connectivity index (χ2n) is 15.4. The molecule has 8 aromatic carbocycles. The summed E-state index contributed by atoms with van der Waals surface area (Å²) in [5.41, 5.74) is 12.0. The number of rotatable bonds is 4. The fourth-order valence-electron chi connectivity index (χ4n) is 9.75. The van der Waals surface area contributed by atoms with Gasteiger partial charge in [-0.2, -0.15) is 0 Å². The second kappa shape index (κ2) is 12.8. The number of ether oxygens (including phenoxy) is 1. The summed E-state index contributed by atoms with van der Waals surface area (Å²) in [6.45, 7) is 0. The van der Waals surface area contributed by atoms with Crippen molar-refractivity contribution in [1.82, 2.24) is 15.0 Å². The van der Waals surface area contributed by atoms with Crippen LogP contribution in [0.2, 0.25) is 0 Å². The van der Waals surface area contributed by atoms with Gasteiger partial charge in [0.2, 0.25) is 0 Å². The Morgan fingerprint density at radius 3 is 1.88 bits per heavy atom. The Hall–Kier alpha value is -7.43. The lowest BCUT2D eigenvalue weighted by atomic mass is 9.63. The van der Waals surface area contributed by atoms with Gasteiger partial charge in [0.1, 0.15) is 11.9 Å². The molecule has 58 heavy (non-hydrogen) atoms. The fourth-order valence-corrected chi connectivity index (χ4v) is 9.75. The van der Waals surface area contributed by atoms with Crippen molar-refractivity contribution in [2.75, 3.05) is 0 Å². The molecular formula is C54H35N3O. The van der Waals surface area contributed by atoms with E-state index in [4.69, 9.17) is 19.7 Å². The molecule has 2 heterocycles. The molecule has 3 aliphatic rings. The fraction of sp³-hybridized carbons (Fsp3) is 0.0556. The van der Waals surface area contributed by atoms with E-state index < -0.39 is 5.41 Å². The molecule has 12 rings (SSSR count). The topological polar surface area (TPSA) is 47.9 Å². The first-order valence-electron chi connectivity index (χ1n) is 19.9. The smallest absolute Gasteiger partial charge is 0.164 e. The van der Waals surface area contributed by atoms with E-state index in [1.807, 2.05) is 18.2 Å². The van der Waals surface area contributed by atoms with Crippen LogP contribution in [-0.4, -0.2) is 21.1 Å². The summed E-state index contributed by atoms with van der Waals surface area (Å²) in [5.74, 6) is 2.81. The van der Waals surface area contributed by atoms with E-state index >= 15 is 0 Å². The van der Waals surface area contributed by atoms with Gasteiger partial charge in [0.15, 0.2) is 17.5 Å². The van der Waals surface area contributed by atoms with Gasteiger partial charge in [0, 0.05) is 28.7 Å². The van der Waals surface area contributed by atoms with Crippen LogP contribution in [0.5, 0.6) is 5.75 Å².